The summed E-state index contributed by atoms with van der Waals surface area (Å²) in [6.45, 7) is 11.1. The minimum atomic E-state index is 0.603. The summed E-state index contributed by atoms with van der Waals surface area (Å²) in [6.07, 6.45) is 4.45. The number of hydrogen-bond acceptors (Lipinski definition) is 3. The van der Waals surface area contributed by atoms with Crippen LogP contribution in [0.5, 0.6) is 0 Å². The SMILES string of the molecule is CCCn1c(C)cnc1C1CCN(Cc2ccc(C)s2)C1. The number of aryl methyl sites for hydroxylation is 2. The third-order valence-corrected chi connectivity index (χ3v) is 5.33. The third kappa shape index (κ3) is 3.22. The van der Waals surface area contributed by atoms with Crippen LogP contribution >= 0.6 is 11.3 Å². The summed E-state index contributed by atoms with van der Waals surface area (Å²) < 4.78 is 2.42. The van der Waals surface area contributed by atoms with E-state index in [2.05, 4.69) is 42.4 Å². The van der Waals surface area contributed by atoms with Gasteiger partial charge in [-0.1, -0.05) is 6.92 Å². The minimum Gasteiger partial charge on any atom is -0.332 e. The predicted molar refractivity (Wildman–Crippen MR) is 88.9 cm³/mol. The maximum atomic E-state index is 4.70. The predicted octanol–water partition coefficient (Wildman–Crippen LogP) is 3.96. The van der Waals surface area contributed by atoms with Gasteiger partial charge < -0.3 is 4.57 Å². The molecule has 0 N–H and O–H groups in total. The van der Waals surface area contributed by atoms with Crippen molar-refractivity contribution in [1.82, 2.24) is 14.5 Å². The van der Waals surface area contributed by atoms with Gasteiger partial charge in [-0.2, -0.15) is 0 Å². The first-order valence-corrected chi connectivity index (χ1v) is 8.78. The molecule has 0 amide bonds. The maximum absolute atomic E-state index is 4.70. The van der Waals surface area contributed by atoms with Gasteiger partial charge in [-0.15, -0.1) is 11.3 Å². The van der Waals surface area contributed by atoms with Crippen LogP contribution in [0.4, 0.5) is 0 Å². The number of thiophene rings is 1. The largest absolute Gasteiger partial charge is 0.332 e. The Morgan fingerprint density at radius 2 is 2.19 bits per heavy atom. The normalized spacial score (nSPS) is 19.5. The lowest BCUT2D eigenvalue weighted by Crippen LogP contribution is -2.20. The van der Waals surface area contributed by atoms with Crippen LogP contribution in [0.25, 0.3) is 0 Å². The average Bonchev–Trinajstić information content (AvgIpc) is 3.14. The minimum absolute atomic E-state index is 0.603. The van der Waals surface area contributed by atoms with E-state index in [1.165, 1.54) is 40.7 Å². The van der Waals surface area contributed by atoms with E-state index in [9.17, 15) is 0 Å². The topological polar surface area (TPSA) is 21.1 Å². The first-order valence-electron chi connectivity index (χ1n) is 7.97. The molecule has 3 nitrogen and oxygen atoms in total. The van der Waals surface area contributed by atoms with Gasteiger partial charge in [-0.25, -0.2) is 4.98 Å². The molecule has 0 saturated carbocycles. The molecule has 1 fully saturated rings. The summed E-state index contributed by atoms with van der Waals surface area (Å²) in [5.41, 5.74) is 1.30. The van der Waals surface area contributed by atoms with Crippen molar-refractivity contribution >= 4 is 11.3 Å². The van der Waals surface area contributed by atoms with Crippen LogP contribution in [0.3, 0.4) is 0 Å². The zero-order chi connectivity index (χ0) is 14.8. The van der Waals surface area contributed by atoms with Gasteiger partial charge in [0.2, 0.25) is 0 Å². The molecule has 114 valence electrons. The smallest absolute Gasteiger partial charge is 0.113 e. The first-order chi connectivity index (χ1) is 10.2. The van der Waals surface area contributed by atoms with Crippen LogP contribution in [-0.2, 0) is 13.1 Å². The van der Waals surface area contributed by atoms with Crippen molar-refractivity contribution in [3.63, 3.8) is 0 Å². The molecule has 21 heavy (non-hydrogen) atoms. The molecule has 0 aliphatic carbocycles. The monoisotopic (exact) mass is 303 g/mol. The summed E-state index contributed by atoms with van der Waals surface area (Å²) in [5.74, 6) is 1.91. The van der Waals surface area contributed by atoms with E-state index >= 15 is 0 Å². The Balaban J connectivity index is 1.66. The Morgan fingerprint density at radius 3 is 2.90 bits per heavy atom. The molecule has 0 bridgehead atoms. The molecule has 3 rings (SSSR count). The summed E-state index contributed by atoms with van der Waals surface area (Å²) in [5, 5.41) is 0. The molecule has 0 spiro atoms. The zero-order valence-corrected chi connectivity index (χ0v) is 14.1. The highest BCUT2D eigenvalue weighted by Crippen LogP contribution is 2.29. The third-order valence-electron chi connectivity index (χ3n) is 4.35. The molecule has 4 heteroatoms. The fraction of sp³-hybridized carbons (Fsp3) is 0.588. The molecular formula is C17H25N3S. The molecule has 2 aromatic heterocycles. The number of hydrogen-bond donors (Lipinski definition) is 0. The van der Waals surface area contributed by atoms with Crippen LogP contribution in [0.1, 0.15) is 47.0 Å². The van der Waals surface area contributed by atoms with Gasteiger partial charge in [0.1, 0.15) is 5.82 Å². The second-order valence-electron chi connectivity index (χ2n) is 6.14. The Kier molecular flexibility index (Phi) is 4.45. The summed E-state index contributed by atoms with van der Waals surface area (Å²) in [6, 6.07) is 4.50. The number of likely N-dealkylation sites (tertiary alicyclic amines) is 1. The van der Waals surface area contributed by atoms with E-state index in [1.54, 1.807) is 0 Å². The number of rotatable bonds is 5. The molecule has 2 aromatic rings. The van der Waals surface area contributed by atoms with Gasteiger partial charge in [-0.3, -0.25) is 4.90 Å². The van der Waals surface area contributed by atoms with Crippen molar-refractivity contribution in [3.8, 4) is 0 Å². The first kappa shape index (κ1) is 14.8. The van der Waals surface area contributed by atoms with E-state index in [1.807, 2.05) is 17.5 Å². The summed E-state index contributed by atoms with van der Waals surface area (Å²) in [7, 11) is 0. The van der Waals surface area contributed by atoms with Gasteiger partial charge in [0.25, 0.3) is 0 Å². The van der Waals surface area contributed by atoms with Crippen molar-refractivity contribution in [1.29, 1.82) is 0 Å². The Hall–Kier alpha value is -1.13. The number of imidazole rings is 1. The zero-order valence-electron chi connectivity index (χ0n) is 13.3. The number of aromatic nitrogens is 2. The highest BCUT2D eigenvalue weighted by molar-refractivity contribution is 7.11. The standard InChI is InChI=1S/C17H25N3S/c1-4-8-20-13(2)10-18-17(20)15-7-9-19(11-15)12-16-6-5-14(3)21-16/h5-6,10,15H,4,7-9,11-12H2,1-3H3. The fourth-order valence-electron chi connectivity index (χ4n) is 3.30. The van der Waals surface area contributed by atoms with Gasteiger partial charge in [0, 0.05) is 47.2 Å². The van der Waals surface area contributed by atoms with Crippen molar-refractivity contribution in [2.45, 2.75) is 52.6 Å². The van der Waals surface area contributed by atoms with Crippen LogP contribution in [0.2, 0.25) is 0 Å². The molecule has 1 saturated heterocycles. The quantitative estimate of drug-likeness (QED) is 0.833. The Bertz CT molecular complexity index is 599. The second kappa shape index (κ2) is 6.32. The van der Waals surface area contributed by atoms with Crippen molar-refractivity contribution in [2.24, 2.45) is 0 Å². The molecular weight excluding hydrogens is 278 g/mol. The molecule has 0 radical (unpaired) electrons. The van der Waals surface area contributed by atoms with Crippen LogP contribution in [0.15, 0.2) is 18.3 Å². The maximum Gasteiger partial charge on any atom is 0.113 e. The Labute approximate surface area is 131 Å². The van der Waals surface area contributed by atoms with Gasteiger partial charge in [0.05, 0.1) is 0 Å². The van der Waals surface area contributed by atoms with E-state index in [0.717, 1.165) is 19.6 Å². The van der Waals surface area contributed by atoms with Crippen LogP contribution in [0, 0.1) is 13.8 Å². The molecule has 0 aromatic carbocycles. The molecule has 1 aliphatic heterocycles. The van der Waals surface area contributed by atoms with Crippen molar-refractivity contribution in [2.75, 3.05) is 13.1 Å². The fourth-order valence-corrected chi connectivity index (χ4v) is 4.23. The molecule has 1 unspecified atom stereocenters. The van der Waals surface area contributed by atoms with Crippen LogP contribution in [-0.4, -0.2) is 27.5 Å². The second-order valence-corrected chi connectivity index (χ2v) is 7.51. The lowest BCUT2D eigenvalue weighted by Gasteiger charge is -2.16. The van der Waals surface area contributed by atoms with Gasteiger partial charge in [0.15, 0.2) is 0 Å². The number of nitrogens with zero attached hydrogens (tertiary/aromatic N) is 3. The lowest BCUT2D eigenvalue weighted by atomic mass is 10.1. The highest BCUT2D eigenvalue weighted by atomic mass is 32.1. The lowest BCUT2D eigenvalue weighted by molar-refractivity contribution is 0.327. The van der Waals surface area contributed by atoms with Gasteiger partial charge >= 0.3 is 0 Å². The van der Waals surface area contributed by atoms with E-state index < -0.39 is 0 Å². The Morgan fingerprint density at radius 1 is 1.33 bits per heavy atom. The highest BCUT2D eigenvalue weighted by Gasteiger charge is 2.27. The molecule has 3 heterocycles. The van der Waals surface area contributed by atoms with Crippen molar-refractivity contribution in [3.05, 3.63) is 39.6 Å². The average molecular weight is 303 g/mol. The van der Waals surface area contributed by atoms with E-state index in [0.29, 0.717) is 5.92 Å². The van der Waals surface area contributed by atoms with Crippen molar-refractivity contribution < 1.29 is 0 Å². The molecule has 1 atom stereocenters. The van der Waals surface area contributed by atoms with E-state index in [4.69, 9.17) is 4.98 Å². The summed E-state index contributed by atoms with van der Waals surface area (Å²) in [4.78, 5) is 10.2. The molecule has 1 aliphatic rings. The summed E-state index contributed by atoms with van der Waals surface area (Å²) >= 11 is 1.92. The van der Waals surface area contributed by atoms with Gasteiger partial charge in [-0.05, 0) is 45.4 Å². The van der Waals surface area contributed by atoms with Crippen LogP contribution < -0.4 is 0 Å². The van der Waals surface area contributed by atoms with E-state index in [-0.39, 0.29) is 0 Å².